The van der Waals surface area contributed by atoms with Crippen LogP contribution in [0.15, 0.2) is 60.7 Å². The van der Waals surface area contributed by atoms with E-state index in [2.05, 4.69) is 66.4 Å². The second-order valence-corrected chi connectivity index (χ2v) is 12.5. The first-order chi connectivity index (χ1) is 22.4. The van der Waals surface area contributed by atoms with E-state index < -0.39 is 0 Å². The van der Waals surface area contributed by atoms with Crippen LogP contribution in [0, 0.1) is 0 Å². The van der Waals surface area contributed by atoms with Gasteiger partial charge in [0.25, 0.3) is 0 Å². The number of ether oxygens (including phenoxy) is 6. The lowest BCUT2D eigenvalue weighted by atomic mass is 9.87. The van der Waals surface area contributed by atoms with E-state index in [9.17, 15) is 0 Å². The Hall–Kier alpha value is -4.40. The average Bonchev–Trinajstić information content (AvgIpc) is 3.07. The molecule has 4 aromatic rings. The van der Waals surface area contributed by atoms with Gasteiger partial charge in [0.15, 0.2) is 34.5 Å². The molecule has 0 unspecified atom stereocenters. The lowest BCUT2D eigenvalue weighted by molar-refractivity contribution is 0.220. The molecule has 0 radical (unpaired) electrons. The summed E-state index contributed by atoms with van der Waals surface area (Å²) in [5.41, 5.74) is 7.15. The van der Waals surface area contributed by atoms with Crippen molar-refractivity contribution in [1.82, 2.24) is 9.80 Å². The molecule has 0 N–H and O–H groups in total. The van der Waals surface area contributed by atoms with E-state index in [4.69, 9.17) is 28.4 Å². The van der Waals surface area contributed by atoms with Gasteiger partial charge in [0.05, 0.1) is 28.4 Å². The van der Waals surface area contributed by atoms with Crippen molar-refractivity contribution in [3.63, 3.8) is 0 Å². The summed E-state index contributed by atoms with van der Waals surface area (Å²) in [4.78, 5) is 4.81. The molecule has 0 saturated heterocycles. The maximum atomic E-state index is 7.03. The van der Waals surface area contributed by atoms with Gasteiger partial charge in [-0.3, -0.25) is 9.80 Å². The molecule has 240 valence electrons. The number of benzene rings is 4. The largest absolute Gasteiger partial charge is 0.493 e. The van der Waals surface area contributed by atoms with Crippen LogP contribution in [0.1, 0.15) is 45.5 Å². The minimum atomic E-state index is 0.0449. The second-order valence-electron chi connectivity index (χ2n) is 12.5. The second kappa shape index (κ2) is 12.4. The zero-order chi connectivity index (χ0) is 31.9. The molecular weight excluding hydrogens is 580 g/mol. The van der Waals surface area contributed by atoms with Gasteiger partial charge in [-0.05, 0) is 110 Å². The van der Waals surface area contributed by atoms with Crippen molar-refractivity contribution in [2.24, 2.45) is 0 Å². The van der Waals surface area contributed by atoms with Crippen LogP contribution in [0.2, 0.25) is 0 Å². The molecule has 46 heavy (non-hydrogen) atoms. The SMILES string of the molecule is COc1ccc2cc1Oc1ccc(cc1)C[C@@H]1c3c(cc(OC)c(OC)c3Oc3cc4c(cc3OC)CCN(C)[C@@H]4C2)CCN1C. The summed E-state index contributed by atoms with van der Waals surface area (Å²) in [6, 6.07) is 21.2. The van der Waals surface area contributed by atoms with Crippen molar-refractivity contribution in [2.45, 2.75) is 37.8 Å². The van der Waals surface area contributed by atoms with Crippen molar-refractivity contribution >= 4 is 0 Å². The van der Waals surface area contributed by atoms with Crippen molar-refractivity contribution in [3.05, 3.63) is 94.0 Å². The first-order valence-corrected chi connectivity index (χ1v) is 15.9. The Balaban J connectivity index is 1.46. The first kappa shape index (κ1) is 30.3. The fourth-order valence-electron chi connectivity index (χ4n) is 7.28. The lowest BCUT2D eigenvalue weighted by Crippen LogP contribution is -2.34. The normalized spacial score (nSPS) is 19.2. The third kappa shape index (κ3) is 5.39. The van der Waals surface area contributed by atoms with Crippen LogP contribution in [-0.4, -0.2) is 65.4 Å². The fourth-order valence-corrected chi connectivity index (χ4v) is 7.28. The summed E-state index contributed by atoms with van der Waals surface area (Å²) in [6.07, 6.45) is 3.37. The lowest BCUT2D eigenvalue weighted by Gasteiger charge is -2.37. The summed E-state index contributed by atoms with van der Waals surface area (Å²) >= 11 is 0. The quantitative estimate of drug-likeness (QED) is 0.238. The zero-order valence-electron chi connectivity index (χ0n) is 27.5. The third-order valence-corrected chi connectivity index (χ3v) is 9.85. The van der Waals surface area contributed by atoms with Gasteiger partial charge in [0, 0.05) is 30.7 Å². The Morgan fingerprint density at radius 1 is 0.609 bits per heavy atom. The van der Waals surface area contributed by atoms with E-state index >= 15 is 0 Å². The minimum Gasteiger partial charge on any atom is -0.493 e. The van der Waals surface area contributed by atoms with Crippen LogP contribution in [0.5, 0.6) is 46.0 Å². The molecule has 4 aliphatic heterocycles. The zero-order valence-corrected chi connectivity index (χ0v) is 27.5. The molecule has 8 heteroatoms. The maximum absolute atomic E-state index is 7.03. The van der Waals surface area contributed by atoms with E-state index in [0.717, 1.165) is 55.6 Å². The van der Waals surface area contributed by atoms with E-state index in [1.165, 1.54) is 22.3 Å². The molecule has 0 aromatic heterocycles. The van der Waals surface area contributed by atoms with Crippen LogP contribution < -0.4 is 28.4 Å². The summed E-state index contributed by atoms with van der Waals surface area (Å²) in [5, 5.41) is 0. The van der Waals surface area contributed by atoms with Crippen LogP contribution in [0.4, 0.5) is 0 Å². The van der Waals surface area contributed by atoms with Gasteiger partial charge >= 0.3 is 0 Å². The number of fused-ring (bicyclic) bond motifs is 2. The predicted molar refractivity (Wildman–Crippen MR) is 178 cm³/mol. The number of nitrogens with zero attached hydrogens (tertiary/aromatic N) is 2. The summed E-state index contributed by atoms with van der Waals surface area (Å²) in [5.74, 6) is 5.46. The third-order valence-electron chi connectivity index (χ3n) is 9.85. The highest BCUT2D eigenvalue weighted by molar-refractivity contribution is 5.63. The molecule has 4 aliphatic rings. The predicted octanol–water partition coefficient (Wildman–Crippen LogP) is 7.16. The van der Waals surface area contributed by atoms with Gasteiger partial charge in [-0.15, -0.1) is 0 Å². The van der Waals surface area contributed by atoms with Gasteiger partial charge < -0.3 is 28.4 Å². The highest BCUT2D eigenvalue weighted by Gasteiger charge is 2.34. The summed E-state index contributed by atoms with van der Waals surface area (Å²) in [7, 11) is 11.1. The van der Waals surface area contributed by atoms with E-state index in [1.54, 1.807) is 28.4 Å². The molecular formula is C38H42N2O6. The Bertz CT molecular complexity index is 1750. The van der Waals surface area contributed by atoms with Gasteiger partial charge in [-0.2, -0.15) is 0 Å². The fraction of sp³-hybridized carbons (Fsp3) is 0.368. The Morgan fingerprint density at radius 3 is 1.96 bits per heavy atom. The van der Waals surface area contributed by atoms with Crippen LogP contribution in [0.3, 0.4) is 0 Å². The van der Waals surface area contributed by atoms with Crippen LogP contribution in [-0.2, 0) is 25.7 Å². The summed E-state index contributed by atoms with van der Waals surface area (Å²) < 4.78 is 37.1. The average molecular weight is 623 g/mol. The molecule has 0 fully saturated rings. The van der Waals surface area contributed by atoms with Crippen LogP contribution >= 0.6 is 0 Å². The van der Waals surface area contributed by atoms with E-state index in [-0.39, 0.29) is 12.1 Å². The molecule has 2 atom stereocenters. The van der Waals surface area contributed by atoms with Crippen molar-refractivity contribution in [3.8, 4) is 46.0 Å². The molecule has 4 aromatic carbocycles. The molecule has 6 bridgehead atoms. The smallest absolute Gasteiger partial charge is 0.204 e. The van der Waals surface area contributed by atoms with Crippen molar-refractivity contribution in [1.29, 1.82) is 0 Å². The Kier molecular flexibility index (Phi) is 8.17. The van der Waals surface area contributed by atoms with E-state index in [0.29, 0.717) is 40.2 Å². The standard InChI is InChI=1S/C38H42N2O6/c1-39-15-13-25-20-32(42-4)34-22-28(25)29(39)18-24-9-12-31(41-3)33(19-24)45-27-10-7-23(8-11-27)17-30-36-26(14-16-40(30)2)21-35(43-5)37(44-6)38(36)46-34/h7-12,19-22,29-30H,13-18H2,1-6H3/t29-,30-/m1/s1. The van der Waals surface area contributed by atoms with E-state index in [1.807, 2.05) is 18.2 Å². The summed E-state index contributed by atoms with van der Waals surface area (Å²) in [6.45, 7) is 1.86. The highest BCUT2D eigenvalue weighted by atomic mass is 16.5. The molecule has 0 spiro atoms. The monoisotopic (exact) mass is 622 g/mol. The first-order valence-electron chi connectivity index (χ1n) is 15.9. The van der Waals surface area contributed by atoms with Crippen molar-refractivity contribution < 1.29 is 28.4 Å². The maximum Gasteiger partial charge on any atom is 0.204 e. The molecule has 0 aliphatic carbocycles. The van der Waals surface area contributed by atoms with Gasteiger partial charge in [-0.25, -0.2) is 0 Å². The van der Waals surface area contributed by atoms with Gasteiger partial charge in [-0.1, -0.05) is 18.2 Å². The molecule has 0 saturated carbocycles. The van der Waals surface area contributed by atoms with Crippen LogP contribution in [0.25, 0.3) is 0 Å². The van der Waals surface area contributed by atoms with Gasteiger partial charge in [0.2, 0.25) is 5.75 Å². The number of hydrogen-bond donors (Lipinski definition) is 0. The minimum absolute atomic E-state index is 0.0449. The van der Waals surface area contributed by atoms with Crippen molar-refractivity contribution in [2.75, 3.05) is 55.6 Å². The van der Waals surface area contributed by atoms with Gasteiger partial charge in [0.1, 0.15) is 5.75 Å². The number of methoxy groups -OCH3 is 4. The Labute approximate surface area is 271 Å². The number of hydrogen-bond acceptors (Lipinski definition) is 8. The number of rotatable bonds is 4. The topological polar surface area (TPSA) is 61.9 Å². The molecule has 8 rings (SSSR count). The highest BCUT2D eigenvalue weighted by Crippen LogP contribution is 2.51. The Morgan fingerprint density at radius 2 is 1.24 bits per heavy atom. The molecule has 8 nitrogen and oxygen atoms in total. The molecule has 4 heterocycles. The molecule has 0 amide bonds. The number of likely N-dealkylation sites (N-methyl/N-ethyl adjacent to an activating group) is 2.